The van der Waals surface area contributed by atoms with Gasteiger partial charge in [0.25, 0.3) is 5.91 Å². The maximum atomic E-state index is 14.9. The summed E-state index contributed by atoms with van der Waals surface area (Å²) in [7, 11) is -2.45. The number of halogens is 3. The molecule has 5 aliphatic rings. The number of methoxy groups -OCH3 is 1. The van der Waals surface area contributed by atoms with Crippen LogP contribution in [0, 0.1) is 17.8 Å². The zero-order valence-electron chi connectivity index (χ0n) is 35.5. The van der Waals surface area contributed by atoms with Crippen molar-refractivity contribution in [2.75, 3.05) is 44.9 Å². The van der Waals surface area contributed by atoms with Crippen LogP contribution in [0.5, 0.6) is 11.6 Å². The van der Waals surface area contributed by atoms with Crippen LogP contribution in [0.3, 0.4) is 0 Å². The predicted molar refractivity (Wildman–Crippen MR) is 220 cm³/mol. The van der Waals surface area contributed by atoms with Gasteiger partial charge in [-0.1, -0.05) is 26.0 Å². The number of aromatic nitrogens is 1. The van der Waals surface area contributed by atoms with Crippen LogP contribution in [0.15, 0.2) is 36.4 Å². The molecule has 2 aliphatic carbocycles. The van der Waals surface area contributed by atoms with Crippen LogP contribution < -0.4 is 29.7 Å². The lowest BCUT2D eigenvalue weighted by Gasteiger charge is -2.34. The Bertz CT molecular complexity index is 2200. The van der Waals surface area contributed by atoms with Crippen LogP contribution in [-0.2, 0) is 33.9 Å². The molecule has 2 aromatic rings. The van der Waals surface area contributed by atoms with E-state index in [1.807, 2.05) is 30.0 Å². The number of alkyl carbamates (subject to hydrolysis) is 1. The Balaban J connectivity index is 1.25. The number of sulfonamides is 1. The van der Waals surface area contributed by atoms with Crippen LogP contribution >= 0.6 is 0 Å². The number of nitrogens with zero attached hydrogens (tertiary/aromatic N) is 3. The van der Waals surface area contributed by atoms with Crippen molar-refractivity contribution >= 4 is 50.4 Å². The third kappa shape index (κ3) is 9.70. The zero-order chi connectivity index (χ0) is 44.8. The van der Waals surface area contributed by atoms with Crippen LogP contribution in [0.1, 0.15) is 72.6 Å². The first kappa shape index (κ1) is 45.2. The number of carbonyl (C=O) groups is 4. The van der Waals surface area contributed by atoms with Gasteiger partial charge in [0.2, 0.25) is 33.3 Å². The fourth-order valence-electron chi connectivity index (χ4n) is 8.46. The third-order valence-corrected chi connectivity index (χ3v) is 14.3. The normalized spacial score (nSPS) is 29.3. The van der Waals surface area contributed by atoms with Crippen molar-refractivity contribution in [3.8, 4) is 11.6 Å². The summed E-state index contributed by atoms with van der Waals surface area (Å²) >= 11 is 0. The minimum absolute atomic E-state index is 0.0441. The van der Waals surface area contributed by atoms with Gasteiger partial charge in [-0.2, -0.15) is 18.2 Å². The molecule has 16 nitrogen and oxygen atoms in total. The van der Waals surface area contributed by atoms with Crippen molar-refractivity contribution in [1.82, 2.24) is 25.2 Å². The Hall–Kier alpha value is -4.85. The molecule has 4 heterocycles. The number of fused-ring (bicyclic) bond motifs is 3. The van der Waals surface area contributed by atoms with Gasteiger partial charge in [-0.05, 0) is 93.9 Å². The molecule has 0 bridgehead atoms. The number of amides is 4. The smallest absolute Gasteiger partial charge is 0.427 e. The van der Waals surface area contributed by atoms with Crippen molar-refractivity contribution in [1.29, 1.82) is 0 Å². The van der Waals surface area contributed by atoms with E-state index in [-0.39, 0.29) is 31.2 Å². The quantitative estimate of drug-likeness (QED) is 0.302. The molecule has 4 amide bonds. The molecule has 3 aliphatic heterocycles. The van der Waals surface area contributed by atoms with Crippen molar-refractivity contribution in [3.63, 3.8) is 0 Å². The number of rotatable bonds is 9. The van der Waals surface area contributed by atoms with Crippen LogP contribution in [-0.4, -0.2) is 123 Å². The Morgan fingerprint density at radius 3 is 2.45 bits per heavy atom. The average Bonchev–Trinajstić information content (AvgIpc) is 4.14. The second-order valence-electron chi connectivity index (χ2n) is 17.7. The summed E-state index contributed by atoms with van der Waals surface area (Å²) in [4.78, 5) is 64.8. The fraction of sp³-hybridized carbons (Fsp3) is 0.643. The minimum atomic E-state index is -4.92. The highest BCUT2D eigenvalue weighted by molar-refractivity contribution is 7.91. The zero-order valence-corrected chi connectivity index (χ0v) is 36.3. The van der Waals surface area contributed by atoms with Gasteiger partial charge in [-0.15, -0.1) is 0 Å². The number of ether oxygens (including phenoxy) is 4. The van der Waals surface area contributed by atoms with Crippen molar-refractivity contribution in [2.24, 2.45) is 17.8 Å². The maximum Gasteiger partial charge on any atom is 0.427 e. The van der Waals surface area contributed by atoms with Crippen molar-refractivity contribution in [3.05, 3.63) is 36.4 Å². The van der Waals surface area contributed by atoms with Crippen LogP contribution in [0.4, 0.5) is 23.8 Å². The standard InChI is InChI=1S/C42H55F3N6O10S/c1-24-8-6-7-9-27-22-41(27,38(54)49-62(56,57)30-11-12-30)48-35(52)32-21-29(23-51(32)37(53)34(25(2)18-24)47-39(55)61-40(3,4)42(43,44)45)60-36-31-13-10-28(58-5)19-26(31)20-33(46-36)50-14-16-59-17-15-50/h7,9-10,13,19-20,24-25,27,29-30,32,34H,6,8,11-12,14-18,21-23H2,1-5H3,(H,47,55)(H,48,52)(H,49,54)/b9-7-/t24-,25+,27+,29+,32-,34-,41+/m0/s1. The lowest BCUT2D eigenvalue weighted by Crippen LogP contribution is -2.59. The number of allylic oxidation sites excluding steroid dienone is 1. The molecule has 20 heteroatoms. The van der Waals surface area contributed by atoms with Crippen molar-refractivity contribution < 1.29 is 59.7 Å². The number of hydrogen-bond donors (Lipinski definition) is 3. The summed E-state index contributed by atoms with van der Waals surface area (Å²) in [6.07, 6.45) is -1.32. The number of anilines is 1. The molecule has 2 saturated carbocycles. The van der Waals surface area contributed by atoms with E-state index < -0.39 is 86.4 Å². The molecule has 7 rings (SSSR count). The van der Waals surface area contributed by atoms with Gasteiger partial charge in [0.05, 0.1) is 32.1 Å². The number of hydrogen-bond acceptors (Lipinski definition) is 12. The first-order valence-electron chi connectivity index (χ1n) is 21.1. The maximum absolute atomic E-state index is 14.9. The molecule has 0 spiro atoms. The Morgan fingerprint density at radius 2 is 1.77 bits per heavy atom. The molecule has 0 radical (unpaired) electrons. The summed E-state index contributed by atoms with van der Waals surface area (Å²) in [6.45, 7) is 6.91. The Morgan fingerprint density at radius 1 is 1.05 bits per heavy atom. The number of pyridine rings is 1. The summed E-state index contributed by atoms with van der Waals surface area (Å²) in [5.74, 6) is -2.30. The molecular formula is C42H55F3N6O10S. The van der Waals surface area contributed by atoms with Crippen molar-refractivity contribution in [2.45, 2.75) is 113 Å². The monoisotopic (exact) mass is 892 g/mol. The van der Waals surface area contributed by atoms with Gasteiger partial charge < -0.3 is 39.4 Å². The molecule has 1 aromatic carbocycles. The number of nitrogens with one attached hydrogen (secondary N) is 3. The molecule has 3 N–H and O–H groups in total. The molecular weight excluding hydrogens is 838 g/mol. The van der Waals surface area contributed by atoms with Gasteiger partial charge in [0, 0.05) is 30.8 Å². The van der Waals surface area contributed by atoms with Gasteiger partial charge >= 0.3 is 12.3 Å². The van der Waals surface area contributed by atoms with E-state index in [1.54, 1.807) is 32.2 Å². The Kier molecular flexibility index (Phi) is 12.7. The molecule has 7 atom stereocenters. The third-order valence-electron chi connectivity index (χ3n) is 12.5. The van der Waals surface area contributed by atoms with Crippen LogP contribution in [0.2, 0.25) is 0 Å². The molecule has 4 fully saturated rings. The van der Waals surface area contributed by atoms with E-state index in [1.165, 1.54) is 4.90 Å². The summed E-state index contributed by atoms with van der Waals surface area (Å²) in [5, 5.41) is 5.87. The van der Waals surface area contributed by atoms with E-state index in [9.17, 15) is 40.8 Å². The van der Waals surface area contributed by atoms with E-state index in [0.29, 0.717) is 89.2 Å². The second kappa shape index (κ2) is 17.4. The van der Waals surface area contributed by atoms with E-state index in [2.05, 4.69) is 15.4 Å². The highest BCUT2D eigenvalue weighted by Gasteiger charge is 2.62. The highest BCUT2D eigenvalue weighted by Crippen LogP contribution is 2.46. The summed E-state index contributed by atoms with van der Waals surface area (Å²) in [5.41, 5.74) is -4.54. The number of carbonyl (C=O) groups excluding carboxylic acids is 4. The van der Waals surface area contributed by atoms with Gasteiger partial charge in [-0.25, -0.2) is 13.2 Å². The largest absolute Gasteiger partial charge is 0.497 e. The first-order valence-corrected chi connectivity index (χ1v) is 22.7. The number of alkyl halides is 3. The lowest BCUT2D eigenvalue weighted by atomic mass is 9.88. The number of benzene rings is 1. The average molecular weight is 893 g/mol. The van der Waals surface area contributed by atoms with Gasteiger partial charge in [-0.3, -0.25) is 19.1 Å². The first-order chi connectivity index (χ1) is 29.2. The fourth-order valence-corrected chi connectivity index (χ4v) is 9.83. The predicted octanol–water partition coefficient (Wildman–Crippen LogP) is 4.36. The van der Waals surface area contributed by atoms with E-state index >= 15 is 0 Å². The summed E-state index contributed by atoms with van der Waals surface area (Å²) < 4.78 is 92.0. The van der Waals surface area contributed by atoms with Gasteiger partial charge in [0.1, 0.15) is 35.3 Å². The topological polar surface area (TPSA) is 195 Å². The molecule has 340 valence electrons. The SMILES string of the molecule is COc1ccc2c(O[C@@H]3C[C@H]4C(=O)N[C@]5(C(=O)NS(=O)(=O)C6CC6)C[C@H]5/C=C\CC[C@H](C)C[C@@H](C)[C@H](NC(=O)OC(C)(C)C(F)(F)F)C(=O)N4C3)nc(N3CCOCC3)cc2c1. The number of morpholine rings is 1. The lowest BCUT2D eigenvalue weighted by molar-refractivity contribution is -0.244. The summed E-state index contributed by atoms with van der Waals surface area (Å²) in [6, 6.07) is 4.47. The minimum Gasteiger partial charge on any atom is -0.497 e. The Labute approximate surface area is 358 Å². The van der Waals surface area contributed by atoms with E-state index in [0.717, 1.165) is 5.39 Å². The molecule has 2 saturated heterocycles. The molecule has 0 unspecified atom stereocenters. The molecule has 1 aromatic heterocycles. The van der Waals surface area contributed by atoms with Gasteiger partial charge in [0.15, 0.2) is 0 Å². The van der Waals surface area contributed by atoms with Crippen LogP contribution in [0.25, 0.3) is 10.8 Å². The molecule has 62 heavy (non-hydrogen) atoms. The second-order valence-corrected chi connectivity index (χ2v) is 19.7. The highest BCUT2D eigenvalue weighted by atomic mass is 32.2. The van der Waals surface area contributed by atoms with E-state index in [4.69, 9.17) is 23.9 Å².